The van der Waals surface area contributed by atoms with Gasteiger partial charge in [-0.3, -0.25) is 0 Å². The molecule has 1 aromatic heterocycles. The van der Waals surface area contributed by atoms with Crippen LogP contribution in [0.15, 0.2) is 66.9 Å². The number of rotatable bonds is 6. The van der Waals surface area contributed by atoms with Crippen LogP contribution in [-0.4, -0.2) is 22.7 Å². The zero-order valence-electron chi connectivity index (χ0n) is 15.0. The standard InChI is InChI=1S/C23H26N2O/c26-19-12-13-23-21(15-19)18(16-25-23)9-4-5-11-22-20(10-6-14-24-22)17-7-2-1-3-8-17/h1-3,6-8,10,12-13,15-16,20,22,24-26H,4-5,9,11,14H2. The summed E-state index contributed by atoms with van der Waals surface area (Å²) in [6.45, 7) is 0.968. The van der Waals surface area contributed by atoms with E-state index in [1.165, 1.54) is 24.0 Å². The van der Waals surface area contributed by atoms with Crippen LogP contribution in [0, 0.1) is 0 Å². The summed E-state index contributed by atoms with van der Waals surface area (Å²) >= 11 is 0. The molecule has 2 atom stereocenters. The largest absolute Gasteiger partial charge is 0.508 e. The number of phenolic OH excluding ortho intramolecular Hbond substituents is 1. The monoisotopic (exact) mass is 346 g/mol. The number of fused-ring (bicyclic) bond motifs is 1. The van der Waals surface area contributed by atoms with Crippen molar-refractivity contribution >= 4 is 10.9 Å². The second kappa shape index (κ2) is 7.79. The Hall–Kier alpha value is -2.52. The molecule has 26 heavy (non-hydrogen) atoms. The number of H-pyrrole nitrogens is 1. The zero-order chi connectivity index (χ0) is 17.8. The van der Waals surface area contributed by atoms with Crippen LogP contribution in [0.5, 0.6) is 5.75 Å². The molecule has 3 heteroatoms. The van der Waals surface area contributed by atoms with Crippen molar-refractivity contribution in [2.24, 2.45) is 0 Å². The summed E-state index contributed by atoms with van der Waals surface area (Å²) in [6.07, 6.45) is 11.3. The highest BCUT2D eigenvalue weighted by Gasteiger charge is 2.22. The smallest absolute Gasteiger partial charge is 0.116 e. The Balaban J connectivity index is 1.35. The molecule has 1 aliphatic rings. The van der Waals surface area contributed by atoms with Crippen molar-refractivity contribution in [1.29, 1.82) is 0 Å². The van der Waals surface area contributed by atoms with Gasteiger partial charge in [0.05, 0.1) is 0 Å². The number of phenols is 1. The first-order valence-electron chi connectivity index (χ1n) is 9.55. The van der Waals surface area contributed by atoms with Gasteiger partial charge in [-0.1, -0.05) is 48.9 Å². The minimum atomic E-state index is 0.335. The number of aromatic amines is 1. The van der Waals surface area contributed by atoms with Gasteiger partial charge in [-0.05, 0) is 48.6 Å². The summed E-state index contributed by atoms with van der Waals surface area (Å²) in [5, 5.41) is 14.5. The zero-order valence-corrected chi connectivity index (χ0v) is 15.0. The van der Waals surface area contributed by atoms with E-state index in [9.17, 15) is 5.11 Å². The van der Waals surface area contributed by atoms with Crippen molar-refractivity contribution in [3.63, 3.8) is 0 Å². The molecular weight excluding hydrogens is 320 g/mol. The number of hydrogen-bond acceptors (Lipinski definition) is 2. The normalized spacial score (nSPS) is 19.8. The van der Waals surface area contributed by atoms with E-state index in [0.29, 0.717) is 17.7 Å². The molecule has 1 aliphatic heterocycles. The first-order valence-corrected chi connectivity index (χ1v) is 9.55. The lowest BCUT2D eigenvalue weighted by atomic mass is 9.86. The molecule has 0 spiro atoms. The quantitative estimate of drug-likeness (QED) is 0.439. The Labute approximate surface area is 154 Å². The van der Waals surface area contributed by atoms with Gasteiger partial charge in [-0.2, -0.15) is 0 Å². The lowest BCUT2D eigenvalue weighted by molar-refractivity contribution is 0.432. The molecule has 134 valence electrons. The van der Waals surface area contributed by atoms with Crippen LogP contribution in [0.3, 0.4) is 0 Å². The molecule has 0 radical (unpaired) electrons. The average Bonchev–Trinajstić information content (AvgIpc) is 3.08. The van der Waals surface area contributed by atoms with Gasteiger partial charge in [0.2, 0.25) is 0 Å². The molecule has 0 saturated heterocycles. The molecule has 2 aromatic carbocycles. The SMILES string of the molecule is Oc1ccc2[nH]cc(CCCCC3NCC=CC3c3ccccc3)c2c1. The molecule has 0 saturated carbocycles. The summed E-state index contributed by atoms with van der Waals surface area (Å²) in [4.78, 5) is 3.30. The molecular formula is C23H26N2O. The number of aromatic nitrogens is 1. The lowest BCUT2D eigenvalue weighted by Gasteiger charge is -2.29. The Kier molecular flexibility index (Phi) is 5.07. The molecule has 3 aromatic rings. The molecule has 0 bridgehead atoms. The highest BCUT2D eigenvalue weighted by atomic mass is 16.3. The fourth-order valence-corrected chi connectivity index (χ4v) is 4.05. The third-order valence-corrected chi connectivity index (χ3v) is 5.42. The van der Waals surface area contributed by atoms with E-state index in [2.05, 4.69) is 59.0 Å². The minimum Gasteiger partial charge on any atom is -0.508 e. The van der Waals surface area contributed by atoms with Gasteiger partial charge in [0, 0.05) is 35.6 Å². The fourth-order valence-electron chi connectivity index (χ4n) is 4.05. The Morgan fingerprint density at radius 2 is 1.92 bits per heavy atom. The van der Waals surface area contributed by atoms with Crippen molar-refractivity contribution < 1.29 is 5.11 Å². The number of benzene rings is 2. The maximum absolute atomic E-state index is 9.72. The van der Waals surface area contributed by atoms with Crippen LogP contribution in [0.1, 0.15) is 36.3 Å². The summed E-state index contributed by atoms with van der Waals surface area (Å²) in [5.41, 5.74) is 3.79. The lowest BCUT2D eigenvalue weighted by Crippen LogP contribution is -2.37. The van der Waals surface area contributed by atoms with E-state index in [1.807, 2.05) is 12.1 Å². The number of hydrogen-bond donors (Lipinski definition) is 3. The molecule has 0 amide bonds. The van der Waals surface area contributed by atoms with Gasteiger partial charge in [-0.25, -0.2) is 0 Å². The molecule has 2 unspecified atom stereocenters. The molecule has 2 heterocycles. The fraction of sp³-hybridized carbons (Fsp3) is 0.304. The molecule has 0 fully saturated rings. The van der Waals surface area contributed by atoms with Crippen LogP contribution in [-0.2, 0) is 6.42 Å². The predicted molar refractivity (Wildman–Crippen MR) is 108 cm³/mol. The second-order valence-corrected chi connectivity index (χ2v) is 7.17. The maximum atomic E-state index is 9.72. The molecule has 0 aliphatic carbocycles. The third-order valence-electron chi connectivity index (χ3n) is 5.42. The topological polar surface area (TPSA) is 48.0 Å². The summed E-state index contributed by atoms with van der Waals surface area (Å²) < 4.78 is 0. The van der Waals surface area contributed by atoms with Gasteiger partial charge in [0.15, 0.2) is 0 Å². The van der Waals surface area contributed by atoms with Gasteiger partial charge in [0.25, 0.3) is 0 Å². The van der Waals surface area contributed by atoms with Crippen LogP contribution < -0.4 is 5.32 Å². The highest BCUT2D eigenvalue weighted by Crippen LogP contribution is 2.28. The Morgan fingerprint density at radius 3 is 2.81 bits per heavy atom. The Bertz CT molecular complexity index is 882. The minimum absolute atomic E-state index is 0.335. The first kappa shape index (κ1) is 16.9. The third kappa shape index (κ3) is 3.68. The molecule has 3 N–H and O–H groups in total. The van der Waals surface area contributed by atoms with E-state index >= 15 is 0 Å². The maximum Gasteiger partial charge on any atom is 0.116 e. The van der Waals surface area contributed by atoms with E-state index < -0.39 is 0 Å². The average molecular weight is 346 g/mol. The molecule has 4 rings (SSSR count). The summed E-state index contributed by atoms with van der Waals surface area (Å²) in [6, 6.07) is 16.8. The van der Waals surface area contributed by atoms with E-state index in [0.717, 1.165) is 30.3 Å². The first-order chi connectivity index (χ1) is 12.8. The van der Waals surface area contributed by atoms with E-state index in [4.69, 9.17) is 0 Å². The van der Waals surface area contributed by atoms with Crippen molar-refractivity contribution in [3.05, 3.63) is 78.0 Å². The Morgan fingerprint density at radius 1 is 1.04 bits per heavy atom. The van der Waals surface area contributed by atoms with Crippen molar-refractivity contribution in [2.45, 2.75) is 37.6 Å². The van der Waals surface area contributed by atoms with Crippen molar-refractivity contribution in [2.75, 3.05) is 6.54 Å². The number of aryl methyl sites for hydroxylation is 1. The van der Waals surface area contributed by atoms with Crippen molar-refractivity contribution in [1.82, 2.24) is 10.3 Å². The number of aromatic hydroxyl groups is 1. The van der Waals surface area contributed by atoms with Gasteiger partial charge < -0.3 is 15.4 Å². The predicted octanol–water partition coefficient (Wildman–Crippen LogP) is 4.90. The van der Waals surface area contributed by atoms with E-state index in [1.54, 1.807) is 6.07 Å². The van der Waals surface area contributed by atoms with Crippen LogP contribution in [0.25, 0.3) is 10.9 Å². The number of unbranched alkanes of at least 4 members (excludes halogenated alkanes) is 1. The number of nitrogens with one attached hydrogen (secondary N) is 2. The van der Waals surface area contributed by atoms with Gasteiger partial charge >= 0.3 is 0 Å². The highest BCUT2D eigenvalue weighted by molar-refractivity contribution is 5.84. The van der Waals surface area contributed by atoms with Gasteiger partial charge in [0.1, 0.15) is 5.75 Å². The van der Waals surface area contributed by atoms with E-state index in [-0.39, 0.29) is 0 Å². The summed E-state index contributed by atoms with van der Waals surface area (Å²) in [7, 11) is 0. The van der Waals surface area contributed by atoms with Crippen LogP contribution in [0.4, 0.5) is 0 Å². The van der Waals surface area contributed by atoms with Gasteiger partial charge in [-0.15, -0.1) is 0 Å². The van der Waals surface area contributed by atoms with Crippen LogP contribution in [0.2, 0.25) is 0 Å². The second-order valence-electron chi connectivity index (χ2n) is 7.17. The molecule has 3 nitrogen and oxygen atoms in total. The van der Waals surface area contributed by atoms with Crippen LogP contribution >= 0.6 is 0 Å². The summed E-state index contributed by atoms with van der Waals surface area (Å²) in [5.74, 6) is 0.803. The van der Waals surface area contributed by atoms with Crippen molar-refractivity contribution in [3.8, 4) is 5.75 Å².